The predicted octanol–water partition coefficient (Wildman–Crippen LogP) is 3.34. The molecule has 1 aliphatic heterocycles. The number of nitrogens with one attached hydrogen (secondary N) is 1. The van der Waals surface area contributed by atoms with Crippen LogP contribution < -0.4 is 10.2 Å². The summed E-state index contributed by atoms with van der Waals surface area (Å²) in [6, 6.07) is 4.71. The number of nitrogens with zero attached hydrogens (tertiary/aromatic N) is 2. The minimum absolute atomic E-state index is 0.137. The number of carbonyl (C=O) groups excluding carboxylic acids is 2. The maximum Gasteiger partial charge on any atom is 0.247 e. The molecular formula is C15H17Cl2N3O2S. The van der Waals surface area contributed by atoms with Crippen molar-refractivity contribution in [2.75, 3.05) is 18.0 Å². The van der Waals surface area contributed by atoms with Gasteiger partial charge >= 0.3 is 0 Å². The maximum absolute atomic E-state index is 12.6. The number of rotatable bonds is 4. The first kappa shape index (κ1) is 18.1. The molecule has 2 rings (SSSR count). The van der Waals surface area contributed by atoms with Crippen LogP contribution >= 0.6 is 35.0 Å². The van der Waals surface area contributed by atoms with Crippen molar-refractivity contribution >= 4 is 57.6 Å². The molecule has 1 fully saturated rings. The number of amidine groups is 1. The van der Waals surface area contributed by atoms with E-state index in [1.54, 1.807) is 12.1 Å². The number of hydrogen-bond acceptors (Lipinski definition) is 4. The summed E-state index contributed by atoms with van der Waals surface area (Å²) >= 11 is 13.1. The molecule has 1 saturated heterocycles. The Hall–Kier alpha value is -1.24. The second-order valence-corrected chi connectivity index (χ2v) is 6.79. The zero-order valence-electron chi connectivity index (χ0n) is 12.8. The standard InChI is InChI=1S/C15H17Cl2N3O2S/c1-3-18-15(19-4-2)23-12-8-13(21)20(14(12)22)9-5-6-10(16)11(17)7-9/h5-7,12H,3-4,8H2,1-2H3,(H,18,19)/t12-/m0/s1. The van der Waals surface area contributed by atoms with Gasteiger partial charge in [0, 0.05) is 19.5 Å². The van der Waals surface area contributed by atoms with Crippen molar-refractivity contribution in [1.29, 1.82) is 0 Å². The normalized spacial score (nSPS) is 18.7. The number of halogens is 2. The second kappa shape index (κ2) is 8.04. The van der Waals surface area contributed by atoms with E-state index in [1.165, 1.54) is 17.8 Å². The minimum Gasteiger partial charge on any atom is -0.365 e. The molecule has 0 saturated carbocycles. The van der Waals surface area contributed by atoms with Crippen LogP contribution in [0.1, 0.15) is 20.3 Å². The lowest BCUT2D eigenvalue weighted by atomic mass is 10.3. The lowest BCUT2D eigenvalue weighted by Crippen LogP contribution is -2.32. The monoisotopic (exact) mass is 373 g/mol. The predicted molar refractivity (Wildman–Crippen MR) is 96.6 cm³/mol. The summed E-state index contributed by atoms with van der Waals surface area (Å²) in [5.74, 6) is -0.515. The largest absolute Gasteiger partial charge is 0.365 e. The molecule has 0 aromatic heterocycles. The van der Waals surface area contributed by atoms with E-state index in [-0.39, 0.29) is 18.2 Å². The SMILES string of the molecule is CCN=C(NCC)S[C@H]1CC(=O)N(c2ccc(Cl)c(Cl)c2)C1=O. The van der Waals surface area contributed by atoms with Crippen LogP contribution in [0.3, 0.4) is 0 Å². The molecule has 1 aromatic rings. The van der Waals surface area contributed by atoms with E-state index < -0.39 is 5.25 Å². The molecule has 0 spiro atoms. The van der Waals surface area contributed by atoms with Crippen LogP contribution in [-0.4, -0.2) is 35.3 Å². The third kappa shape index (κ3) is 4.19. The Labute approximate surface area is 149 Å². The van der Waals surface area contributed by atoms with Gasteiger partial charge in [-0.2, -0.15) is 0 Å². The lowest BCUT2D eigenvalue weighted by Gasteiger charge is -2.16. The van der Waals surface area contributed by atoms with Crippen LogP contribution in [0, 0.1) is 0 Å². The summed E-state index contributed by atoms with van der Waals surface area (Å²) in [6.45, 7) is 5.19. The number of anilines is 1. The quantitative estimate of drug-likeness (QED) is 0.499. The van der Waals surface area contributed by atoms with Crippen molar-refractivity contribution < 1.29 is 9.59 Å². The van der Waals surface area contributed by atoms with Crippen molar-refractivity contribution in [1.82, 2.24) is 5.32 Å². The van der Waals surface area contributed by atoms with Crippen LogP contribution in [0.2, 0.25) is 10.0 Å². The minimum atomic E-state index is -0.485. The summed E-state index contributed by atoms with van der Waals surface area (Å²) in [5.41, 5.74) is 0.440. The first-order valence-electron chi connectivity index (χ1n) is 7.24. The Morgan fingerprint density at radius 1 is 1.35 bits per heavy atom. The zero-order chi connectivity index (χ0) is 17.0. The first-order valence-corrected chi connectivity index (χ1v) is 8.88. The van der Waals surface area contributed by atoms with E-state index in [2.05, 4.69) is 10.3 Å². The topological polar surface area (TPSA) is 61.8 Å². The molecule has 1 aliphatic rings. The van der Waals surface area contributed by atoms with Crippen molar-refractivity contribution in [3.63, 3.8) is 0 Å². The Balaban J connectivity index is 2.19. The summed E-state index contributed by atoms with van der Waals surface area (Å²) in [5, 5.41) is 3.99. The number of benzene rings is 1. The summed E-state index contributed by atoms with van der Waals surface area (Å²) in [7, 11) is 0. The Bertz CT molecular complexity index is 652. The molecule has 0 bridgehead atoms. The fourth-order valence-corrected chi connectivity index (χ4v) is 3.58. The van der Waals surface area contributed by atoms with Crippen LogP contribution in [-0.2, 0) is 9.59 Å². The lowest BCUT2D eigenvalue weighted by molar-refractivity contribution is -0.121. The number of aliphatic imine (C=N–C) groups is 1. The Morgan fingerprint density at radius 3 is 2.70 bits per heavy atom. The van der Waals surface area contributed by atoms with E-state index in [0.717, 1.165) is 4.90 Å². The highest BCUT2D eigenvalue weighted by Gasteiger charge is 2.40. The highest BCUT2D eigenvalue weighted by Crippen LogP contribution is 2.33. The van der Waals surface area contributed by atoms with E-state index in [9.17, 15) is 9.59 Å². The molecule has 0 aliphatic carbocycles. The molecule has 0 radical (unpaired) electrons. The van der Waals surface area contributed by atoms with E-state index >= 15 is 0 Å². The Kier molecular flexibility index (Phi) is 6.33. The average molecular weight is 374 g/mol. The van der Waals surface area contributed by atoms with Gasteiger partial charge in [0.15, 0.2) is 5.17 Å². The van der Waals surface area contributed by atoms with Crippen molar-refractivity contribution in [3.05, 3.63) is 28.2 Å². The summed E-state index contributed by atoms with van der Waals surface area (Å²) < 4.78 is 0. The molecule has 1 N–H and O–H groups in total. The molecule has 2 amide bonds. The number of thioether (sulfide) groups is 1. The number of imide groups is 1. The number of hydrogen-bond donors (Lipinski definition) is 1. The fourth-order valence-electron chi connectivity index (χ4n) is 2.16. The van der Waals surface area contributed by atoms with Gasteiger partial charge in [-0.1, -0.05) is 35.0 Å². The van der Waals surface area contributed by atoms with Crippen LogP contribution in [0.4, 0.5) is 5.69 Å². The van der Waals surface area contributed by atoms with E-state index in [4.69, 9.17) is 23.2 Å². The van der Waals surface area contributed by atoms with Gasteiger partial charge < -0.3 is 5.32 Å². The van der Waals surface area contributed by atoms with Crippen LogP contribution in [0.25, 0.3) is 0 Å². The molecular weight excluding hydrogens is 357 g/mol. The fraction of sp³-hybridized carbons (Fsp3) is 0.400. The molecule has 124 valence electrons. The molecule has 0 unspecified atom stereocenters. The molecule has 8 heteroatoms. The third-order valence-electron chi connectivity index (χ3n) is 3.15. The van der Waals surface area contributed by atoms with Gasteiger partial charge in [-0.3, -0.25) is 14.6 Å². The number of carbonyl (C=O) groups is 2. The van der Waals surface area contributed by atoms with Gasteiger partial charge in [0.1, 0.15) is 5.25 Å². The third-order valence-corrected chi connectivity index (χ3v) is 5.04. The summed E-state index contributed by atoms with van der Waals surface area (Å²) in [6.07, 6.45) is 0.137. The van der Waals surface area contributed by atoms with E-state index in [1.807, 2.05) is 13.8 Å². The van der Waals surface area contributed by atoms with Gasteiger partial charge in [0.05, 0.1) is 15.7 Å². The van der Waals surface area contributed by atoms with Crippen LogP contribution in [0.5, 0.6) is 0 Å². The molecule has 1 aromatic carbocycles. The Morgan fingerprint density at radius 2 is 2.09 bits per heavy atom. The highest BCUT2D eigenvalue weighted by atomic mass is 35.5. The van der Waals surface area contributed by atoms with Gasteiger partial charge in [0.2, 0.25) is 11.8 Å². The molecule has 23 heavy (non-hydrogen) atoms. The van der Waals surface area contributed by atoms with Gasteiger partial charge in [-0.05, 0) is 32.0 Å². The maximum atomic E-state index is 12.6. The summed E-state index contributed by atoms with van der Waals surface area (Å²) in [4.78, 5) is 30.3. The molecule has 1 heterocycles. The number of amides is 2. The smallest absolute Gasteiger partial charge is 0.247 e. The highest BCUT2D eigenvalue weighted by molar-refractivity contribution is 8.15. The van der Waals surface area contributed by atoms with E-state index in [0.29, 0.717) is 34.0 Å². The van der Waals surface area contributed by atoms with Crippen molar-refractivity contribution in [3.8, 4) is 0 Å². The van der Waals surface area contributed by atoms with Crippen LogP contribution in [0.15, 0.2) is 23.2 Å². The average Bonchev–Trinajstić information content (AvgIpc) is 2.77. The molecule has 1 atom stereocenters. The van der Waals surface area contributed by atoms with Gasteiger partial charge in [-0.15, -0.1) is 0 Å². The van der Waals surface area contributed by atoms with Gasteiger partial charge in [0.25, 0.3) is 0 Å². The molecule has 5 nitrogen and oxygen atoms in total. The van der Waals surface area contributed by atoms with Crippen molar-refractivity contribution in [2.24, 2.45) is 4.99 Å². The van der Waals surface area contributed by atoms with Gasteiger partial charge in [-0.25, -0.2) is 4.90 Å². The second-order valence-electron chi connectivity index (χ2n) is 4.79. The van der Waals surface area contributed by atoms with Crippen molar-refractivity contribution in [2.45, 2.75) is 25.5 Å². The first-order chi connectivity index (χ1) is 11.0. The zero-order valence-corrected chi connectivity index (χ0v) is 15.1.